The van der Waals surface area contributed by atoms with Crippen molar-refractivity contribution in [3.63, 3.8) is 0 Å². The lowest BCUT2D eigenvalue weighted by atomic mass is 10.1. The minimum atomic E-state index is -3.88. The van der Waals surface area contributed by atoms with Crippen LogP contribution < -0.4 is 9.03 Å². The second kappa shape index (κ2) is 7.27. The van der Waals surface area contributed by atoms with Gasteiger partial charge in [-0.15, -0.1) is 0 Å². The first-order valence-electron chi connectivity index (χ1n) is 8.48. The molecule has 1 fully saturated rings. The van der Waals surface area contributed by atoms with Gasteiger partial charge in [0.05, 0.1) is 22.6 Å². The van der Waals surface area contributed by atoms with Crippen molar-refractivity contribution in [1.29, 1.82) is 0 Å². The van der Waals surface area contributed by atoms with Crippen molar-refractivity contribution in [3.8, 4) is 0 Å². The van der Waals surface area contributed by atoms with Crippen LogP contribution in [0.3, 0.4) is 0 Å². The summed E-state index contributed by atoms with van der Waals surface area (Å²) >= 11 is 0. The van der Waals surface area contributed by atoms with Crippen molar-refractivity contribution in [2.45, 2.75) is 30.3 Å². The Morgan fingerprint density at radius 2 is 1.93 bits per heavy atom. The summed E-state index contributed by atoms with van der Waals surface area (Å²) in [6.45, 7) is 1.56. The highest BCUT2D eigenvalue weighted by molar-refractivity contribution is 7.92. The molecule has 2 N–H and O–H groups in total. The van der Waals surface area contributed by atoms with Gasteiger partial charge in [0.1, 0.15) is 11.4 Å². The largest absolute Gasteiger partial charge is 0.466 e. The number of anilines is 1. The summed E-state index contributed by atoms with van der Waals surface area (Å²) < 4.78 is 58.0. The van der Waals surface area contributed by atoms with Crippen LogP contribution in [0.4, 0.5) is 5.69 Å². The van der Waals surface area contributed by atoms with Crippen LogP contribution in [-0.4, -0.2) is 40.8 Å². The maximum Gasteiger partial charge on any atom is 0.240 e. The van der Waals surface area contributed by atoms with Crippen molar-refractivity contribution in [2.24, 2.45) is 0 Å². The first-order chi connectivity index (χ1) is 12.6. The van der Waals surface area contributed by atoms with Crippen LogP contribution in [0.1, 0.15) is 25.5 Å². The highest BCUT2D eigenvalue weighted by Crippen LogP contribution is 2.25. The van der Waals surface area contributed by atoms with Gasteiger partial charge in [0, 0.05) is 13.1 Å². The highest BCUT2D eigenvalue weighted by atomic mass is 32.2. The molecular weight excluding hydrogens is 392 g/mol. The van der Waals surface area contributed by atoms with Gasteiger partial charge in [-0.05, 0) is 56.2 Å². The van der Waals surface area contributed by atoms with E-state index in [0.717, 1.165) is 6.42 Å². The molecule has 0 aliphatic carbocycles. The quantitative estimate of drug-likeness (QED) is 0.738. The van der Waals surface area contributed by atoms with E-state index in [0.29, 0.717) is 18.7 Å². The molecule has 0 bridgehead atoms. The van der Waals surface area contributed by atoms with E-state index in [4.69, 9.17) is 4.42 Å². The molecule has 27 heavy (non-hydrogen) atoms. The van der Waals surface area contributed by atoms with E-state index in [9.17, 15) is 21.9 Å². The molecule has 0 spiro atoms. The molecule has 8 nitrogen and oxygen atoms in total. The first kappa shape index (κ1) is 19.9. The average molecular weight is 415 g/mol. The monoisotopic (exact) mass is 414 g/mol. The lowest BCUT2D eigenvalue weighted by molar-refractivity contribution is 0.0395. The molecule has 0 unspecified atom stereocenters. The third-order valence-corrected chi connectivity index (χ3v) is 7.73. The van der Waals surface area contributed by atoms with Gasteiger partial charge in [-0.2, -0.15) is 0 Å². The highest BCUT2D eigenvalue weighted by Gasteiger charge is 2.29. The smallest absolute Gasteiger partial charge is 0.240 e. The fourth-order valence-corrected chi connectivity index (χ4v) is 5.63. The Kier molecular flexibility index (Phi) is 5.35. The van der Waals surface area contributed by atoms with Crippen LogP contribution in [0.5, 0.6) is 0 Å². The van der Waals surface area contributed by atoms with Gasteiger partial charge < -0.3 is 9.52 Å². The average Bonchev–Trinajstić information content (AvgIpc) is 3.16. The Balaban J connectivity index is 1.74. The normalized spacial score (nSPS) is 19.6. The summed E-state index contributed by atoms with van der Waals surface area (Å²) in [5, 5.41) is 10.4. The molecule has 1 atom stereocenters. The number of nitrogens with zero attached hydrogens (tertiary/aromatic N) is 1. The van der Waals surface area contributed by atoms with Crippen molar-refractivity contribution < 1.29 is 26.4 Å². The Bertz CT molecular complexity index is 981. The number of hydrogen-bond acceptors (Lipinski definition) is 6. The second-order valence-electron chi connectivity index (χ2n) is 6.66. The number of furan rings is 1. The number of nitrogens with one attached hydrogen (secondary N) is 1. The molecule has 1 aliphatic heterocycles. The minimum absolute atomic E-state index is 0.0177. The summed E-state index contributed by atoms with van der Waals surface area (Å²) in [4.78, 5) is -0.0177. The van der Waals surface area contributed by atoms with Gasteiger partial charge in [-0.1, -0.05) is 0 Å². The van der Waals surface area contributed by atoms with E-state index in [1.54, 1.807) is 12.1 Å². The van der Waals surface area contributed by atoms with Gasteiger partial charge in [0.15, 0.2) is 0 Å². The zero-order chi connectivity index (χ0) is 19.7. The summed E-state index contributed by atoms with van der Waals surface area (Å²) in [6, 6.07) is 8.81. The van der Waals surface area contributed by atoms with Crippen LogP contribution in [0.2, 0.25) is 0 Å². The molecule has 1 aromatic carbocycles. The lowest BCUT2D eigenvalue weighted by Gasteiger charge is -2.28. The maximum atomic E-state index is 12.5. The van der Waals surface area contributed by atoms with Crippen LogP contribution in [0.15, 0.2) is 52.0 Å². The zero-order valence-corrected chi connectivity index (χ0v) is 16.5. The van der Waals surface area contributed by atoms with Gasteiger partial charge in [-0.3, -0.25) is 4.31 Å². The summed E-state index contributed by atoms with van der Waals surface area (Å²) in [5.74, 6) is 0.340. The molecule has 0 radical (unpaired) electrons. The molecule has 10 heteroatoms. The first-order valence-corrected chi connectivity index (χ1v) is 11.6. The number of sulfonamides is 2. The Labute approximate surface area is 158 Å². The van der Waals surface area contributed by atoms with E-state index in [1.165, 1.54) is 41.8 Å². The van der Waals surface area contributed by atoms with E-state index < -0.39 is 25.6 Å². The van der Waals surface area contributed by atoms with Gasteiger partial charge in [0.25, 0.3) is 0 Å². The van der Waals surface area contributed by atoms with E-state index in [-0.39, 0.29) is 23.0 Å². The number of aliphatic hydroxyl groups is 1. The van der Waals surface area contributed by atoms with Crippen molar-refractivity contribution in [2.75, 3.05) is 23.1 Å². The van der Waals surface area contributed by atoms with Gasteiger partial charge >= 0.3 is 0 Å². The molecule has 0 amide bonds. The predicted molar refractivity (Wildman–Crippen MR) is 100 cm³/mol. The molecule has 2 aromatic rings. The Morgan fingerprint density at radius 3 is 2.52 bits per heavy atom. The Hall–Kier alpha value is -1.88. The van der Waals surface area contributed by atoms with E-state index >= 15 is 0 Å². The number of hydrogen-bond donors (Lipinski definition) is 2. The van der Waals surface area contributed by atoms with E-state index in [2.05, 4.69) is 4.72 Å². The fraction of sp³-hybridized carbons (Fsp3) is 0.412. The SMILES string of the molecule is C[C@@](O)(CNS(=O)(=O)c1ccc(N2CCCCS2(=O)=O)cc1)c1ccco1. The third kappa shape index (κ3) is 4.34. The molecule has 0 saturated carbocycles. The molecule has 2 heterocycles. The van der Waals surface area contributed by atoms with Crippen LogP contribution in [0.25, 0.3) is 0 Å². The van der Waals surface area contributed by atoms with Crippen molar-refractivity contribution in [1.82, 2.24) is 4.72 Å². The van der Waals surface area contributed by atoms with Crippen molar-refractivity contribution in [3.05, 3.63) is 48.4 Å². The number of rotatable bonds is 6. The van der Waals surface area contributed by atoms with Crippen LogP contribution in [-0.2, 0) is 25.6 Å². The van der Waals surface area contributed by atoms with Crippen LogP contribution in [0, 0.1) is 0 Å². The molecule has 1 aliphatic rings. The second-order valence-corrected chi connectivity index (χ2v) is 10.4. The molecule has 3 rings (SSSR count). The molecule has 148 valence electrons. The summed E-state index contributed by atoms with van der Waals surface area (Å²) in [5.41, 5.74) is -1.06. The minimum Gasteiger partial charge on any atom is -0.466 e. The number of benzene rings is 1. The topological polar surface area (TPSA) is 117 Å². The third-order valence-electron chi connectivity index (χ3n) is 4.44. The maximum absolute atomic E-state index is 12.5. The zero-order valence-electron chi connectivity index (χ0n) is 14.8. The fourth-order valence-electron chi connectivity index (χ4n) is 2.86. The lowest BCUT2D eigenvalue weighted by Crippen LogP contribution is -2.38. The summed E-state index contributed by atoms with van der Waals surface area (Å²) in [6.07, 6.45) is 2.79. The van der Waals surface area contributed by atoms with Crippen LogP contribution >= 0.6 is 0 Å². The molecular formula is C17H22N2O6S2. The van der Waals surface area contributed by atoms with Crippen molar-refractivity contribution >= 4 is 25.7 Å². The Morgan fingerprint density at radius 1 is 1.22 bits per heavy atom. The predicted octanol–water partition coefficient (Wildman–Crippen LogP) is 1.40. The molecule has 1 saturated heterocycles. The molecule has 1 aromatic heterocycles. The standard InChI is InChI=1S/C17H22N2O6S2/c1-17(20,16-5-4-11-25-16)13-18-27(23,24)15-8-6-14(7-9-15)19-10-2-3-12-26(19,21)22/h4-9,11,18,20H,2-3,10,12-13H2,1H3/t17-/m1/s1. The van der Waals surface area contributed by atoms with E-state index in [1.807, 2.05) is 0 Å². The van der Waals surface area contributed by atoms with Gasteiger partial charge in [-0.25, -0.2) is 21.6 Å². The van der Waals surface area contributed by atoms with Gasteiger partial charge in [0.2, 0.25) is 20.0 Å². The summed E-state index contributed by atoms with van der Waals surface area (Å²) in [7, 11) is -7.24.